The van der Waals surface area contributed by atoms with Gasteiger partial charge in [-0.2, -0.15) is 0 Å². The van der Waals surface area contributed by atoms with Gasteiger partial charge in [0.15, 0.2) is 5.65 Å². The Hall–Kier alpha value is -1.49. The zero-order chi connectivity index (χ0) is 11.9. The van der Waals surface area contributed by atoms with Gasteiger partial charge in [-0.1, -0.05) is 0 Å². The van der Waals surface area contributed by atoms with Gasteiger partial charge in [0.2, 0.25) is 0 Å². The van der Waals surface area contributed by atoms with E-state index in [9.17, 15) is 0 Å². The van der Waals surface area contributed by atoms with Gasteiger partial charge in [0, 0.05) is 30.8 Å². The summed E-state index contributed by atoms with van der Waals surface area (Å²) in [6, 6.07) is 3.39. The van der Waals surface area contributed by atoms with E-state index in [0.717, 1.165) is 35.9 Å². The standard InChI is InChI=1S/C13H17N5/c1-2-11-6-9(5-10(1)15-11)7-13-17-16-12-3-4-14-8-18(12)13/h3-4,8-11,15H,1-2,5-7H2. The molecular weight excluding hydrogens is 226 g/mol. The molecule has 2 aromatic heterocycles. The average Bonchev–Trinajstić information content (AvgIpc) is 2.94. The van der Waals surface area contributed by atoms with Gasteiger partial charge in [0.25, 0.3) is 0 Å². The fourth-order valence-corrected chi connectivity index (χ4v) is 3.53. The lowest BCUT2D eigenvalue weighted by Gasteiger charge is -2.28. The number of hydrogen-bond donors (Lipinski definition) is 1. The summed E-state index contributed by atoms with van der Waals surface area (Å²) in [4.78, 5) is 4.15. The predicted octanol–water partition coefficient (Wildman–Crippen LogP) is 1.20. The summed E-state index contributed by atoms with van der Waals surface area (Å²) in [5.74, 6) is 1.81. The number of aromatic nitrogens is 4. The maximum absolute atomic E-state index is 4.31. The number of rotatable bonds is 2. The maximum Gasteiger partial charge on any atom is 0.163 e. The minimum absolute atomic E-state index is 0.742. The summed E-state index contributed by atoms with van der Waals surface area (Å²) >= 11 is 0. The molecule has 0 spiro atoms. The SMILES string of the molecule is c1cc2nnc(CC3CC4CCC(C3)N4)n2cn1. The molecule has 0 saturated carbocycles. The van der Waals surface area contributed by atoms with Crippen LogP contribution in [0, 0.1) is 5.92 Å². The third-order valence-corrected chi connectivity index (χ3v) is 4.33. The molecule has 5 nitrogen and oxygen atoms in total. The molecule has 1 N–H and O–H groups in total. The second-order valence-electron chi connectivity index (χ2n) is 5.60. The van der Waals surface area contributed by atoms with Crippen LogP contribution in [-0.4, -0.2) is 31.7 Å². The Kier molecular flexibility index (Phi) is 2.33. The smallest absolute Gasteiger partial charge is 0.163 e. The highest BCUT2D eigenvalue weighted by Gasteiger charge is 2.33. The van der Waals surface area contributed by atoms with Crippen molar-refractivity contribution in [3.05, 3.63) is 24.4 Å². The molecule has 4 heterocycles. The van der Waals surface area contributed by atoms with Crippen molar-refractivity contribution in [3.8, 4) is 0 Å². The molecule has 2 unspecified atom stereocenters. The largest absolute Gasteiger partial charge is 0.311 e. The molecule has 18 heavy (non-hydrogen) atoms. The maximum atomic E-state index is 4.31. The van der Waals surface area contributed by atoms with Gasteiger partial charge in [0.05, 0.1) is 0 Å². The van der Waals surface area contributed by atoms with Crippen molar-refractivity contribution in [1.29, 1.82) is 0 Å². The van der Waals surface area contributed by atoms with E-state index in [4.69, 9.17) is 0 Å². The van der Waals surface area contributed by atoms with E-state index < -0.39 is 0 Å². The second kappa shape index (κ2) is 4.02. The van der Waals surface area contributed by atoms with Crippen molar-refractivity contribution in [2.24, 2.45) is 5.92 Å². The Morgan fingerprint density at radius 1 is 1.22 bits per heavy atom. The number of nitrogens with zero attached hydrogens (tertiary/aromatic N) is 4. The number of piperidine rings is 1. The van der Waals surface area contributed by atoms with Gasteiger partial charge in [-0.05, 0) is 31.6 Å². The molecular formula is C13H17N5. The van der Waals surface area contributed by atoms with Crippen molar-refractivity contribution in [2.45, 2.75) is 44.2 Å². The van der Waals surface area contributed by atoms with Crippen LogP contribution in [0.15, 0.2) is 18.6 Å². The zero-order valence-corrected chi connectivity index (χ0v) is 10.3. The van der Waals surface area contributed by atoms with Gasteiger partial charge < -0.3 is 5.32 Å². The monoisotopic (exact) mass is 243 g/mol. The summed E-state index contributed by atoms with van der Waals surface area (Å²) in [7, 11) is 0. The fraction of sp³-hybridized carbons (Fsp3) is 0.615. The highest BCUT2D eigenvalue weighted by molar-refractivity contribution is 5.35. The van der Waals surface area contributed by atoms with E-state index in [0.29, 0.717) is 0 Å². The van der Waals surface area contributed by atoms with Gasteiger partial charge >= 0.3 is 0 Å². The van der Waals surface area contributed by atoms with Gasteiger partial charge in [-0.15, -0.1) is 10.2 Å². The fourth-order valence-electron chi connectivity index (χ4n) is 3.53. The quantitative estimate of drug-likeness (QED) is 0.861. The summed E-state index contributed by atoms with van der Waals surface area (Å²) in [6.07, 6.45) is 9.88. The van der Waals surface area contributed by atoms with Crippen LogP contribution in [-0.2, 0) is 6.42 Å². The summed E-state index contributed by atoms with van der Waals surface area (Å²) in [6.45, 7) is 0. The van der Waals surface area contributed by atoms with Gasteiger partial charge in [-0.25, -0.2) is 4.98 Å². The Balaban J connectivity index is 1.57. The van der Waals surface area contributed by atoms with E-state index in [1.807, 2.05) is 16.8 Å². The van der Waals surface area contributed by atoms with Crippen molar-refractivity contribution in [2.75, 3.05) is 0 Å². The topological polar surface area (TPSA) is 55.1 Å². The van der Waals surface area contributed by atoms with Crippen LogP contribution in [0.2, 0.25) is 0 Å². The Morgan fingerprint density at radius 3 is 2.89 bits per heavy atom. The minimum atomic E-state index is 0.742. The number of fused-ring (bicyclic) bond motifs is 3. The van der Waals surface area contributed by atoms with Crippen LogP contribution in [0.3, 0.4) is 0 Å². The van der Waals surface area contributed by atoms with E-state index in [1.165, 1.54) is 25.7 Å². The predicted molar refractivity (Wildman–Crippen MR) is 67.2 cm³/mol. The molecule has 0 amide bonds. The summed E-state index contributed by atoms with van der Waals surface area (Å²) in [5.41, 5.74) is 0.900. The molecule has 0 aliphatic carbocycles. The lowest BCUT2D eigenvalue weighted by Crippen LogP contribution is -2.38. The van der Waals surface area contributed by atoms with E-state index in [2.05, 4.69) is 20.5 Å². The first-order valence-corrected chi connectivity index (χ1v) is 6.78. The molecule has 2 fully saturated rings. The van der Waals surface area contributed by atoms with Crippen LogP contribution in [0.4, 0.5) is 0 Å². The van der Waals surface area contributed by atoms with E-state index in [-0.39, 0.29) is 0 Å². The highest BCUT2D eigenvalue weighted by atomic mass is 15.3. The molecule has 2 aromatic rings. The summed E-state index contributed by atoms with van der Waals surface area (Å²) in [5, 5.41) is 12.2. The zero-order valence-electron chi connectivity index (χ0n) is 10.3. The van der Waals surface area contributed by atoms with Gasteiger partial charge in [0.1, 0.15) is 12.2 Å². The van der Waals surface area contributed by atoms with Crippen molar-refractivity contribution < 1.29 is 0 Å². The molecule has 4 rings (SSSR count). The molecule has 2 saturated heterocycles. The third kappa shape index (κ3) is 1.70. The Labute approximate surface area is 106 Å². The third-order valence-electron chi connectivity index (χ3n) is 4.33. The molecule has 2 aliphatic rings. The molecule has 0 aromatic carbocycles. The van der Waals surface area contributed by atoms with Crippen molar-refractivity contribution in [1.82, 2.24) is 24.9 Å². The first-order valence-electron chi connectivity index (χ1n) is 6.78. The van der Waals surface area contributed by atoms with Gasteiger partial charge in [-0.3, -0.25) is 4.40 Å². The normalized spacial score (nSPS) is 31.0. The minimum Gasteiger partial charge on any atom is -0.311 e. The van der Waals surface area contributed by atoms with Crippen molar-refractivity contribution >= 4 is 5.65 Å². The van der Waals surface area contributed by atoms with Crippen LogP contribution in [0.1, 0.15) is 31.5 Å². The van der Waals surface area contributed by atoms with E-state index in [1.54, 1.807) is 6.20 Å². The number of hydrogen-bond acceptors (Lipinski definition) is 4. The second-order valence-corrected chi connectivity index (χ2v) is 5.60. The molecule has 2 bridgehead atoms. The number of nitrogens with one attached hydrogen (secondary N) is 1. The van der Waals surface area contributed by atoms with Crippen LogP contribution in [0.5, 0.6) is 0 Å². The first kappa shape index (κ1) is 10.4. The first-order chi connectivity index (χ1) is 8.88. The van der Waals surface area contributed by atoms with Crippen LogP contribution in [0.25, 0.3) is 5.65 Å². The molecule has 94 valence electrons. The molecule has 5 heteroatoms. The van der Waals surface area contributed by atoms with E-state index >= 15 is 0 Å². The lowest BCUT2D eigenvalue weighted by molar-refractivity contribution is 0.294. The Morgan fingerprint density at radius 2 is 2.06 bits per heavy atom. The summed E-state index contributed by atoms with van der Waals surface area (Å²) < 4.78 is 2.02. The Bertz CT molecular complexity index is 551. The highest BCUT2D eigenvalue weighted by Crippen LogP contribution is 2.32. The van der Waals surface area contributed by atoms with Crippen LogP contribution >= 0.6 is 0 Å². The molecule has 2 atom stereocenters. The average molecular weight is 243 g/mol. The lowest BCUT2D eigenvalue weighted by atomic mass is 9.89. The molecule has 2 aliphatic heterocycles. The van der Waals surface area contributed by atoms with Crippen molar-refractivity contribution in [3.63, 3.8) is 0 Å². The molecule has 0 radical (unpaired) electrons. The van der Waals surface area contributed by atoms with Crippen LogP contribution < -0.4 is 5.32 Å².